The zero-order valence-corrected chi connectivity index (χ0v) is 10.4. The summed E-state index contributed by atoms with van der Waals surface area (Å²) in [7, 11) is 0. The molecule has 100 valence electrons. The van der Waals surface area contributed by atoms with Crippen molar-refractivity contribution >= 4 is 0 Å². The first-order valence-corrected chi connectivity index (χ1v) is 6.16. The summed E-state index contributed by atoms with van der Waals surface area (Å²) in [6, 6.07) is 6.97. The lowest BCUT2D eigenvalue weighted by Crippen LogP contribution is -2.31. The normalized spacial score (nSPS) is 24.7. The number of halogens is 2. The van der Waals surface area contributed by atoms with Gasteiger partial charge in [0, 0.05) is 12.6 Å². The highest BCUT2D eigenvalue weighted by Gasteiger charge is 2.31. The van der Waals surface area contributed by atoms with E-state index in [1.54, 1.807) is 12.1 Å². The molecule has 1 heterocycles. The average Bonchev–Trinajstić information content (AvgIpc) is 2.70. The number of likely N-dealkylation sites (N-methyl/N-ethyl adjacent to an activating group) is 1. The quantitative estimate of drug-likeness (QED) is 0.899. The molecule has 5 heteroatoms. The number of ether oxygens (including phenoxy) is 1. The highest BCUT2D eigenvalue weighted by Crippen LogP contribution is 2.32. The van der Waals surface area contributed by atoms with Crippen molar-refractivity contribution in [1.29, 1.82) is 0 Å². The number of hydrogen-bond donors (Lipinski definition) is 1. The molecule has 1 aromatic carbocycles. The summed E-state index contributed by atoms with van der Waals surface area (Å²) in [5.41, 5.74) is 7.04. The molecule has 1 aromatic rings. The molecule has 0 amide bonds. The van der Waals surface area contributed by atoms with Gasteiger partial charge < -0.3 is 10.5 Å². The SMILES string of the molecule is CCN1CCC(N)C1c1cccc(OC(F)F)c1. The minimum atomic E-state index is -2.79. The molecule has 2 N–H and O–H groups in total. The van der Waals surface area contributed by atoms with Gasteiger partial charge in [0.25, 0.3) is 0 Å². The first kappa shape index (κ1) is 13.2. The van der Waals surface area contributed by atoms with E-state index in [4.69, 9.17) is 5.73 Å². The highest BCUT2D eigenvalue weighted by molar-refractivity contribution is 5.32. The summed E-state index contributed by atoms with van der Waals surface area (Å²) >= 11 is 0. The molecule has 0 aromatic heterocycles. The van der Waals surface area contributed by atoms with Gasteiger partial charge in [-0.05, 0) is 30.7 Å². The number of likely N-dealkylation sites (tertiary alicyclic amines) is 1. The molecule has 0 radical (unpaired) electrons. The molecular weight excluding hydrogens is 238 g/mol. The monoisotopic (exact) mass is 256 g/mol. The van der Waals surface area contributed by atoms with Gasteiger partial charge in [-0.25, -0.2) is 0 Å². The number of benzene rings is 1. The third-order valence-corrected chi connectivity index (χ3v) is 3.38. The number of nitrogens with zero attached hydrogens (tertiary/aromatic N) is 1. The van der Waals surface area contributed by atoms with Gasteiger partial charge in [0.05, 0.1) is 6.04 Å². The Morgan fingerprint density at radius 1 is 1.50 bits per heavy atom. The Balaban J connectivity index is 2.21. The molecule has 1 saturated heterocycles. The summed E-state index contributed by atoms with van der Waals surface area (Å²) in [5.74, 6) is 0.192. The van der Waals surface area contributed by atoms with Crippen molar-refractivity contribution in [3.05, 3.63) is 29.8 Å². The number of alkyl halides is 2. The molecule has 3 nitrogen and oxygen atoms in total. The van der Waals surface area contributed by atoms with Gasteiger partial charge in [0.15, 0.2) is 0 Å². The second-order valence-electron chi connectivity index (χ2n) is 4.48. The maximum absolute atomic E-state index is 12.2. The van der Waals surface area contributed by atoms with Crippen LogP contribution in [0.5, 0.6) is 5.75 Å². The van der Waals surface area contributed by atoms with Gasteiger partial charge in [0.1, 0.15) is 5.75 Å². The zero-order chi connectivity index (χ0) is 13.1. The van der Waals surface area contributed by atoms with Crippen molar-refractivity contribution in [3.8, 4) is 5.75 Å². The van der Waals surface area contributed by atoms with Crippen LogP contribution in [-0.4, -0.2) is 30.6 Å². The molecular formula is C13H18F2N2O. The van der Waals surface area contributed by atoms with Gasteiger partial charge in [-0.15, -0.1) is 0 Å². The van der Waals surface area contributed by atoms with E-state index >= 15 is 0 Å². The van der Waals surface area contributed by atoms with Gasteiger partial charge in [-0.2, -0.15) is 8.78 Å². The summed E-state index contributed by atoms with van der Waals surface area (Å²) in [6.07, 6.45) is 0.929. The van der Waals surface area contributed by atoms with Crippen molar-refractivity contribution in [1.82, 2.24) is 4.90 Å². The van der Waals surface area contributed by atoms with E-state index in [1.165, 1.54) is 6.07 Å². The Hall–Kier alpha value is -1.20. The lowest BCUT2D eigenvalue weighted by molar-refractivity contribution is -0.0499. The number of nitrogens with two attached hydrogens (primary N) is 1. The van der Waals surface area contributed by atoms with E-state index in [0.29, 0.717) is 0 Å². The summed E-state index contributed by atoms with van der Waals surface area (Å²) in [5, 5.41) is 0. The van der Waals surface area contributed by atoms with Crippen molar-refractivity contribution in [2.24, 2.45) is 5.73 Å². The van der Waals surface area contributed by atoms with Crippen LogP contribution in [0, 0.1) is 0 Å². The van der Waals surface area contributed by atoms with Crippen LogP contribution in [0.15, 0.2) is 24.3 Å². The van der Waals surface area contributed by atoms with E-state index in [2.05, 4.69) is 16.6 Å². The van der Waals surface area contributed by atoms with E-state index in [0.717, 1.165) is 25.1 Å². The standard InChI is InChI=1S/C13H18F2N2O/c1-2-17-7-6-11(16)12(17)9-4-3-5-10(8-9)18-13(14)15/h3-5,8,11-13H,2,6-7,16H2,1H3. The maximum Gasteiger partial charge on any atom is 0.387 e. The topological polar surface area (TPSA) is 38.5 Å². The third-order valence-electron chi connectivity index (χ3n) is 3.38. The number of rotatable bonds is 4. The second kappa shape index (κ2) is 5.63. The molecule has 1 aliphatic heterocycles. The predicted molar refractivity (Wildman–Crippen MR) is 65.7 cm³/mol. The van der Waals surface area contributed by atoms with Crippen LogP contribution in [0.4, 0.5) is 8.78 Å². The van der Waals surface area contributed by atoms with Crippen molar-refractivity contribution < 1.29 is 13.5 Å². The molecule has 0 saturated carbocycles. The fourth-order valence-corrected chi connectivity index (χ4v) is 2.57. The van der Waals surface area contributed by atoms with Crippen LogP contribution in [0.1, 0.15) is 24.9 Å². The van der Waals surface area contributed by atoms with Gasteiger partial charge in [0.2, 0.25) is 0 Å². The van der Waals surface area contributed by atoms with Crippen molar-refractivity contribution in [3.63, 3.8) is 0 Å². The summed E-state index contributed by atoms with van der Waals surface area (Å²) in [4.78, 5) is 2.26. The largest absolute Gasteiger partial charge is 0.435 e. The molecule has 2 atom stereocenters. The lowest BCUT2D eigenvalue weighted by atomic mass is 10.0. The minimum Gasteiger partial charge on any atom is -0.435 e. The van der Waals surface area contributed by atoms with Crippen LogP contribution in [0.25, 0.3) is 0 Å². The molecule has 0 bridgehead atoms. The molecule has 2 rings (SSSR count). The van der Waals surface area contributed by atoms with Crippen LogP contribution in [-0.2, 0) is 0 Å². The van der Waals surface area contributed by atoms with Gasteiger partial charge >= 0.3 is 6.61 Å². The Bertz CT molecular complexity index is 400. The smallest absolute Gasteiger partial charge is 0.387 e. The van der Waals surface area contributed by atoms with Crippen LogP contribution < -0.4 is 10.5 Å². The zero-order valence-electron chi connectivity index (χ0n) is 10.4. The highest BCUT2D eigenvalue weighted by atomic mass is 19.3. The Morgan fingerprint density at radius 3 is 2.94 bits per heavy atom. The van der Waals surface area contributed by atoms with E-state index in [-0.39, 0.29) is 17.8 Å². The molecule has 0 aliphatic carbocycles. The average molecular weight is 256 g/mol. The van der Waals surface area contributed by atoms with Crippen molar-refractivity contribution in [2.45, 2.75) is 32.0 Å². The third kappa shape index (κ3) is 2.79. The number of hydrogen-bond acceptors (Lipinski definition) is 3. The van der Waals surface area contributed by atoms with E-state index < -0.39 is 6.61 Å². The fourth-order valence-electron chi connectivity index (χ4n) is 2.57. The first-order valence-electron chi connectivity index (χ1n) is 6.16. The fraction of sp³-hybridized carbons (Fsp3) is 0.538. The van der Waals surface area contributed by atoms with Gasteiger partial charge in [-0.1, -0.05) is 19.1 Å². The van der Waals surface area contributed by atoms with E-state index in [9.17, 15) is 8.78 Å². The van der Waals surface area contributed by atoms with Crippen LogP contribution in [0.2, 0.25) is 0 Å². The summed E-state index contributed by atoms with van der Waals surface area (Å²) in [6.45, 7) is 1.13. The Kier molecular flexibility index (Phi) is 4.14. The molecule has 0 spiro atoms. The Morgan fingerprint density at radius 2 is 2.28 bits per heavy atom. The van der Waals surface area contributed by atoms with Gasteiger partial charge in [-0.3, -0.25) is 4.90 Å². The van der Waals surface area contributed by atoms with Crippen LogP contribution >= 0.6 is 0 Å². The lowest BCUT2D eigenvalue weighted by Gasteiger charge is -2.26. The van der Waals surface area contributed by atoms with Crippen LogP contribution in [0.3, 0.4) is 0 Å². The molecule has 1 aliphatic rings. The predicted octanol–water partition coefficient (Wildman–Crippen LogP) is 2.38. The van der Waals surface area contributed by atoms with E-state index in [1.807, 2.05) is 6.07 Å². The summed E-state index contributed by atoms with van der Waals surface area (Å²) < 4.78 is 28.8. The molecule has 1 fully saturated rings. The Labute approximate surface area is 106 Å². The molecule has 2 unspecified atom stereocenters. The maximum atomic E-state index is 12.2. The molecule has 18 heavy (non-hydrogen) atoms. The second-order valence-corrected chi connectivity index (χ2v) is 4.48. The van der Waals surface area contributed by atoms with Crippen molar-refractivity contribution in [2.75, 3.05) is 13.1 Å². The first-order chi connectivity index (χ1) is 8.61. The minimum absolute atomic E-state index is 0.0479.